The zero-order valence-electron chi connectivity index (χ0n) is 12.5. The van der Waals surface area contributed by atoms with Crippen LogP contribution >= 0.6 is 0 Å². The van der Waals surface area contributed by atoms with E-state index in [1.54, 1.807) is 0 Å². The number of primary amides is 1. The van der Waals surface area contributed by atoms with Crippen molar-refractivity contribution in [2.45, 2.75) is 19.3 Å². The van der Waals surface area contributed by atoms with Gasteiger partial charge in [-0.1, -0.05) is 18.2 Å². The van der Waals surface area contributed by atoms with Crippen molar-refractivity contribution >= 4 is 17.9 Å². The molecule has 1 aromatic rings. The van der Waals surface area contributed by atoms with Crippen LogP contribution in [0.15, 0.2) is 29.8 Å². The van der Waals surface area contributed by atoms with Gasteiger partial charge in [0.05, 0.1) is 5.57 Å². The lowest BCUT2D eigenvalue weighted by Gasteiger charge is -2.32. The minimum atomic E-state index is -0.259. The van der Waals surface area contributed by atoms with Gasteiger partial charge in [-0.15, -0.1) is 0 Å². The van der Waals surface area contributed by atoms with Crippen LogP contribution in [0.25, 0.3) is 6.08 Å². The third-order valence-corrected chi connectivity index (χ3v) is 4.30. The molecular formula is C17H20N2O3. The predicted molar refractivity (Wildman–Crippen MR) is 83.0 cm³/mol. The van der Waals surface area contributed by atoms with Crippen molar-refractivity contribution in [2.75, 3.05) is 19.7 Å². The van der Waals surface area contributed by atoms with Gasteiger partial charge in [0.2, 0.25) is 5.91 Å². The minimum absolute atomic E-state index is 0.0343. The first-order valence-corrected chi connectivity index (χ1v) is 7.63. The molecule has 1 saturated heterocycles. The molecule has 0 aromatic heterocycles. The number of amides is 2. The molecule has 2 aliphatic rings. The monoisotopic (exact) mass is 300 g/mol. The molecule has 1 fully saturated rings. The third kappa shape index (κ3) is 3.13. The third-order valence-electron chi connectivity index (χ3n) is 4.30. The Hall–Kier alpha value is -2.30. The Morgan fingerprint density at radius 1 is 1.23 bits per heavy atom. The summed E-state index contributed by atoms with van der Waals surface area (Å²) in [5.74, 6) is 0.898. The molecule has 0 radical (unpaired) electrons. The van der Waals surface area contributed by atoms with E-state index in [9.17, 15) is 9.59 Å². The molecule has 0 saturated carbocycles. The lowest BCUT2D eigenvalue weighted by molar-refractivity contribution is -0.129. The van der Waals surface area contributed by atoms with E-state index < -0.39 is 0 Å². The van der Waals surface area contributed by atoms with Crippen molar-refractivity contribution < 1.29 is 14.3 Å². The Balaban J connectivity index is 1.64. The second-order valence-electron chi connectivity index (χ2n) is 5.90. The fraction of sp³-hybridized carbons (Fsp3) is 0.412. The van der Waals surface area contributed by atoms with Gasteiger partial charge < -0.3 is 15.4 Å². The topological polar surface area (TPSA) is 72.6 Å². The Kier molecular flexibility index (Phi) is 4.13. The van der Waals surface area contributed by atoms with Crippen LogP contribution in [0.2, 0.25) is 0 Å². The van der Waals surface area contributed by atoms with Gasteiger partial charge in [-0.3, -0.25) is 9.59 Å². The normalized spacial score (nSPS) is 18.2. The zero-order valence-corrected chi connectivity index (χ0v) is 12.5. The number of hydrogen-bond donors (Lipinski definition) is 1. The molecule has 116 valence electrons. The smallest absolute Gasteiger partial charge is 0.253 e. The van der Waals surface area contributed by atoms with Crippen LogP contribution in [0.4, 0.5) is 0 Å². The average molecular weight is 300 g/mol. The number of rotatable bonds is 3. The molecular weight excluding hydrogens is 280 g/mol. The molecule has 5 heteroatoms. The summed E-state index contributed by atoms with van der Waals surface area (Å²) < 4.78 is 5.64. The maximum Gasteiger partial charge on any atom is 0.253 e. The Morgan fingerprint density at radius 3 is 2.68 bits per heavy atom. The number of nitrogens with two attached hydrogens (primary N) is 1. The van der Waals surface area contributed by atoms with Gasteiger partial charge in [0.15, 0.2) is 0 Å². The van der Waals surface area contributed by atoms with Crippen LogP contribution < -0.4 is 10.5 Å². The van der Waals surface area contributed by atoms with Crippen molar-refractivity contribution in [1.29, 1.82) is 0 Å². The van der Waals surface area contributed by atoms with Crippen LogP contribution in [0, 0.1) is 5.92 Å². The lowest BCUT2D eigenvalue weighted by Crippen LogP contribution is -2.41. The quantitative estimate of drug-likeness (QED) is 0.921. The van der Waals surface area contributed by atoms with Crippen molar-refractivity contribution in [3.8, 4) is 5.75 Å². The summed E-state index contributed by atoms with van der Waals surface area (Å²) in [6.07, 6.45) is 4.00. The number of benzene rings is 1. The zero-order chi connectivity index (χ0) is 15.5. The van der Waals surface area contributed by atoms with Crippen LogP contribution in [0.3, 0.4) is 0 Å². The molecule has 2 amide bonds. The molecule has 2 aliphatic heterocycles. The van der Waals surface area contributed by atoms with E-state index in [1.165, 1.54) is 0 Å². The summed E-state index contributed by atoms with van der Waals surface area (Å²) in [5, 5.41) is 0. The van der Waals surface area contributed by atoms with Crippen molar-refractivity contribution in [2.24, 2.45) is 11.7 Å². The molecule has 0 bridgehead atoms. The number of para-hydroxylation sites is 1. The highest BCUT2D eigenvalue weighted by Gasteiger charge is 2.27. The molecule has 0 aliphatic carbocycles. The van der Waals surface area contributed by atoms with Gasteiger partial charge in [0.25, 0.3) is 5.91 Å². The molecule has 0 unspecified atom stereocenters. The van der Waals surface area contributed by atoms with Gasteiger partial charge in [-0.25, -0.2) is 0 Å². The van der Waals surface area contributed by atoms with E-state index in [2.05, 4.69) is 0 Å². The second kappa shape index (κ2) is 6.22. The Labute approximate surface area is 129 Å². The first-order valence-electron chi connectivity index (χ1n) is 7.63. The number of nitrogens with zero attached hydrogens (tertiary/aromatic N) is 1. The highest BCUT2D eigenvalue weighted by atomic mass is 16.5. The summed E-state index contributed by atoms with van der Waals surface area (Å²) in [6, 6.07) is 7.70. The molecule has 2 N–H and O–H groups in total. The Morgan fingerprint density at radius 2 is 1.95 bits per heavy atom. The molecule has 0 spiro atoms. The van der Waals surface area contributed by atoms with Gasteiger partial charge >= 0.3 is 0 Å². The van der Waals surface area contributed by atoms with Crippen molar-refractivity contribution in [3.05, 3.63) is 35.4 Å². The van der Waals surface area contributed by atoms with Gasteiger partial charge in [-0.2, -0.15) is 0 Å². The number of ether oxygens (including phenoxy) is 1. The lowest BCUT2D eigenvalue weighted by atomic mass is 9.93. The van der Waals surface area contributed by atoms with Gasteiger partial charge in [0.1, 0.15) is 12.4 Å². The van der Waals surface area contributed by atoms with Gasteiger partial charge in [-0.05, 0) is 30.9 Å². The van der Waals surface area contributed by atoms with Crippen LogP contribution in [-0.4, -0.2) is 36.4 Å². The molecule has 1 aromatic carbocycles. The predicted octanol–water partition coefficient (Wildman–Crippen LogP) is 1.58. The number of piperidine rings is 1. The molecule has 22 heavy (non-hydrogen) atoms. The summed E-state index contributed by atoms with van der Waals surface area (Å²) in [5.41, 5.74) is 6.87. The molecule has 3 rings (SSSR count). The molecule has 2 heterocycles. The van der Waals surface area contributed by atoms with Crippen molar-refractivity contribution in [1.82, 2.24) is 4.90 Å². The van der Waals surface area contributed by atoms with Crippen molar-refractivity contribution in [3.63, 3.8) is 0 Å². The first-order chi connectivity index (χ1) is 10.6. The second-order valence-corrected chi connectivity index (χ2v) is 5.90. The Bertz CT molecular complexity index is 616. The molecule has 5 nitrogen and oxygen atoms in total. The highest BCUT2D eigenvalue weighted by Crippen LogP contribution is 2.28. The number of fused-ring (bicyclic) bond motifs is 1. The SMILES string of the molecule is NC(=O)CC1CCN(C(=O)C2=Cc3ccccc3OC2)CC1. The fourth-order valence-electron chi connectivity index (χ4n) is 3.07. The number of hydrogen-bond acceptors (Lipinski definition) is 3. The van der Waals surface area contributed by atoms with Crippen LogP contribution in [0.5, 0.6) is 5.75 Å². The first kappa shape index (κ1) is 14.6. The fourth-order valence-corrected chi connectivity index (χ4v) is 3.07. The average Bonchev–Trinajstić information content (AvgIpc) is 2.54. The summed E-state index contributed by atoms with van der Waals surface area (Å²) in [6.45, 7) is 1.67. The highest BCUT2D eigenvalue weighted by molar-refractivity contribution is 5.99. The van der Waals surface area contributed by atoms with E-state index in [4.69, 9.17) is 10.5 Å². The van der Waals surface area contributed by atoms with E-state index in [1.807, 2.05) is 35.2 Å². The van der Waals surface area contributed by atoms with E-state index in [0.717, 1.165) is 24.2 Å². The standard InChI is InChI=1S/C17H20N2O3/c18-16(20)9-12-5-7-19(8-6-12)17(21)14-10-13-3-1-2-4-15(13)22-11-14/h1-4,10,12H,5-9,11H2,(H2,18,20). The van der Waals surface area contributed by atoms with E-state index in [-0.39, 0.29) is 11.8 Å². The number of carbonyl (C=O) groups is 2. The van der Waals surface area contributed by atoms with E-state index in [0.29, 0.717) is 37.6 Å². The molecule has 0 atom stereocenters. The van der Waals surface area contributed by atoms with Crippen LogP contribution in [0.1, 0.15) is 24.8 Å². The maximum absolute atomic E-state index is 12.6. The number of likely N-dealkylation sites (tertiary alicyclic amines) is 1. The maximum atomic E-state index is 12.6. The number of carbonyl (C=O) groups excluding carboxylic acids is 2. The largest absolute Gasteiger partial charge is 0.488 e. The van der Waals surface area contributed by atoms with Crippen LogP contribution in [-0.2, 0) is 9.59 Å². The minimum Gasteiger partial charge on any atom is -0.488 e. The van der Waals surface area contributed by atoms with Gasteiger partial charge in [0, 0.05) is 25.1 Å². The summed E-state index contributed by atoms with van der Waals surface area (Å²) in [4.78, 5) is 25.4. The van der Waals surface area contributed by atoms with E-state index >= 15 is 0 Å². The summed E-state index contributed by atoms with van der Waals surface area (Å²) in [7, 11) is 0. The summed E-state index contributed by atoms with van der Waals surface area (Å²) >= 11 is 0.